The smallest absolute Gasteiger partial charge is 0.255 e. The minimum absolute atomic E-state index is 0.00141. The number of nitrogens with zero attached hydrogens (tertiary/aromatic N) is 1. The van der Waals surface area contributed by atoms with Crippen LogP contribution in [0.3, 0.4) is 0 Å². The number of phenolic OH excluding ortho intramolecular Hbond substituents is 1. The van der Waals surface area contributed by atoms with E-state index in [4.69, 9.17) is 4.74 Å². The summed E-state index contributed by atoms with van der Waals surface area (Å²) in [6.45, 7) is 5.64. The van der Waals surface area contributed by atoms with Crippen LogP contribution in [0.4, 0.5) is 0 Å². The first kappa shape index (κ1) is 17.5. The van der Waals surface area contributed by atoms with E-state index < -0.39 is 0 Å². The lowest BCUT2D eigenvalue weighted by Crippen LogP contribution is -2.43. The third-order valence-corrected chi connectivity index (χ3v) is 4.52. The molecule has 1 atom stereocenters. The normalized spacial score (nSPS) is 16.4. The Morgan fingerprint density at radius 2 is 1.96 bits per heavy atom. The predicted octanol–water partition coefficient (Wildman–Crippen LogP) is 2.50. The fourth-order valence-corrected chi connectivity index (χ4v) is 3.17. The van der Waals surface area contributed by atoms with Gasteiger partial charge in [0.1, 0.15) is 5.75 Å². The number of carbonyl (C=O) groups is 1. The average molecular weight is 340 g/mol. The lowest BCUT2D eigenvalue weighted by molar-refractivity contribution is 0.0162. The maximum Gasteiger partial charge on any atom is 0.255 e. The zero-order valence-electron chi connectivity index (χ0n) is 14.4. The van der Waals surface area contributed by atoms with Gasteiger partial charge in [-0.05, 0) is 24.6 Å². The standard InChI is InChI=1S/C20H24N2O3/c1-15-5-4-6-16(13-15)18(22-9-11-25-12-10-22)14-21-20(24)17-7-2-3-8-19(17)23/h2-8,13,18,23H,9-12,14H2,1H3,(H,21,24). The van der Waals surface area contributed by atoms with Gasteiger partial charge in [0.2, 0.25) is 0 Å². The highest BCUT2D eigenvalue weighted by Crippen LogP contribution is 2.23. The number of aryl methyl sites for hydroxylation is 1. The monoisotopic (exact) mass is 340 g/mol. The van der Waals surface area contributed by atoms with Crippen LogP contribution in [-0.2, 0) is 4.74 Å². The molecular formula is C20H24N2O3. The van der Waals surface area contributed by atoms with Crippen LogP contribution in [0.25, 0.3) is 0 Å². The molecule has 0 aromatic heterocycles. The number of morpholine rings is 1. The first-order valence-corrected chi connectivity index (χ1v) is 8.59. The second kappa shape index (κ2) is 8.14. The fraction of sp³-hybridized carbons (Fsp3) is 0.350. The summed E-state index contributed by atoms with van der Waals surface area (Å²) >= 11 is 0. The molecule has 0 radical (unpaired) electrons. The molecule has 5 heteroatoms. The molecular weight excluding hydrogens is 316 g/mol. The van der Waals surface area contributed by atoms with Crippen LogP contribution in [0.2, 0.25) is 0 Å². The van der Waals surface area contributed by atoms with Gasteiger partial charge < -0.3 is 15.2 Å². The van der Waals surface area contributed by atoms with E-state index in [0.717, 1.165) is 13.1 Å². The molecule has 0 bridgehead atoms. The van der Waals surface area contributed by atoms with Crippen molar-refractivity contribution >= 4 is 5.91 Å². The van der Waals surface area contributed by atoms with E-state index in [1.54, 1.807) is 18.2 Å². The number of hydrogen-bond acceptors (Lipinski definition) is 4. The highest BCUT2D eigenvalue weighted by atomic mass is 16.5. The number of nitrogens with one attached hydrogen (secondary N) is 1. The molecule has 132 valence electrons. The highest BCUT2D eigenvalue weighted by molar-refractivity contribution is 5.96. The van der Waals surface area contributed by atoms with Gasteiger partial charge in [-0.1, -0.05) is 42.0 Å². The van der Waals surface area contributed by atoms with E-state index in [1.807, 2.05) is 6.07 Å². The average Bonchev–Trinajstić information content (AvgIpc) is 2.63. The molecule has 0 aliphatic carbocycles. The van der Waals surface area contributed by atoms with Crippen molar-refractivity contribution in [1.82, 2.24) is 10.2 Å². The molecule has 1 aliphatic rings. The SMILES string of the molecule is Cc1cccc(C(CNC(=O)c2ccccc2O)N2CCOCC2)c1. The van der Waals surface area contributed by atoms with E-state index in [-0.39, 0.29) is 17.7 Å². The van der Waals surface area contributed by atoms with Crippen molar-refractivity contribution in [2.24, 2.45) is 0 Å². The van der Waals surface area contributed by atoms with Gasteiger partial charge in [0.25, 0.3) is 5.91 Å². The zero-order valence-corrected chi connectivity index (χ0v) is 14.4. The molecule has 1 fully saturated rings. The largest absolute Gasteiger partial charge is 0.507 e. The summed E-state index contributed by atoms with van der Waals surface area (Å²) < 4.78 is 5.46. The van der Waals surface area contributed by atoms with Crippen LogP contribution in [0.15, 0.2) is 48.5 Å². The van der Waals surface area contributed by atoms with Gasteiger partial charge >= 0.3 is 0 Å². The summed E-state index contributed by atoms with van der Waals surface area (Å²) in [6, 6.07) is 15.0. The summed E-state index contributed by atoms with van der Waals surface area (Å²) in [5, 5.41) is 12.8. The van der Waals surface area contributed by atoms with Crippen molar-refractivity contribution in [1.29, 1.82) is 0 Å². The van der Waals surface area contributed by atoms with Crippen LogP contribution in [0.1, 0.15) is 27.5 Å². The predicted molar refractivity (Wildman–Crippen MR) is 96.8 cm³/mol. The summed E-state index contributed by atoms with van der Waals surface area (Å²) in [5.74, 6) is -0.262. The number of carbonyl (C=O) groups excluding carboxylic acids is 1. The first-order chi connectivity index (χ1) is 12.1. The first-order valence-electron chi connectivity index (χ1n) is 8.59. The topological polar surface area (TPSA) is 61.8 Å². The fourth-order valence-electron chi connectivity index (χ4n) is 3.17. The summed E-state index contributed by atoms with van der Waals surface area (Å²) in [7, 11) is 0. The van der Waals surface area contributed by atoms with Crippen molar-refractivity contribution in [3.63, 3.8) is 0 Å². The Morgan fingerprint density at radius 1 is 1.20 bits per heavy atom. The van der Waals surface area contributed by atoms with Crippen LogP contribution < -0.4 is 5.32 Å². The molecule has 1 amide bonds. The molecule has 1 aliphatic heterocycles. The van der Waals surface area contributed by atoms with Gasteiger partial charge in [-0.3, -0.25) is 9.69 Å². The lowest BCUT2D eigenvalue weighted by Gasteiger charge is -2.35. The molecule has 2 N–H and O–H groups in total. The Bertz CT molecular complexity index is 726. The number of ether oxygens (including phenoxy) is 1. The number of phenols is 1. The Morgan fingerprint density at radius 3 is 2.68 bits per heavy atom. The third kappa shape index (κ3) is 4.38. The Kier molecular flexibility index (Phi) is 5.68. The van der Waals surface area contributed by atoms with Crippen molar-refractivity contribution in [3.8, 4) is 5.75 Å². The molecule has 2 aromatic rings. The van der Waals surface area contributed by atoms with Crippen LogP contribution >= 0.6 is 0 Å². The zero-order chi connectivity index (χ0) is 17.6. The van der Waals surface area contributed by atoms with Gasteiger partial charge in [-0.15, -0.1) is 0 Å². The quantitative estimate of drug-likeness (QED) is 0.878. The van der Waals surface area contributed by atoms with Gasteiger partial charge in [0, 0.05) is 19.6 Å². The van der Waals surface area contributed by atoms with Crippen molar-refractivity contribution in [2.75, 3.05) is 32.8 Å². The summed E-state index contributed by atoms with van der Waals surface area (Å²) in [4.78, 5) is 14.8. The van der Waals surface area contributed by atoms with Gasteiger partial charge in [0.05, 0.1) is 24.8 Å². The number of benzene rings is 2. The third-order valence-electron chi connectivity index (χ3n) is 4.52. The number of para-hydroxylation sites is 1. The van der Waals surface area contributed by atoms with E-state index in [9.17, 15) is 9.90 Å². The minimum Gasteiger partial charge on any atom is -0.507 e. The van der Waals surface area contributed by atoms with E-state index >= 15 is 0 Å². The van der Waals surface area contributed by atoms with Crippen LogP contribution in [0, 0.1) is 6.92 Å². The molecule has 0 spiro atoms. The van der Waals surface area contributed by atoms with Gasteiger partial charge in [-0.2, -0.15) is 0 Å². The highest BCUT2D eigenvalue weighted by Gasteiger charge is 2.23. The molecule has 3 rings (SSSR count). The minimum atomic E-state index is -0.260. The van der Waals surface area contributed by atoms with Gasteiger partial charge in [-0.25, -0.2) is 0 Å². The van der Waals surface area contributed by atoms with Crippen molar-refractivity contribution in [2.45, 2.75) is 13.0 Å². The summed E-state index contributed by atoms with van der Waals surface area (Å²) in [6.07, 6.45) is 0. The Balaban J connectivity index is 1.75. The number of aromatic hydroxyl groups is 1. The second-order valence-corrected chi connectivity index (χ2v) is 6.31. The van der Waals surface area contributed by atoms with E-state index in [1.165, 1.54) is 17.2 Å². The summed E-state index contributed by atoms with van der Waals surface area (Å²) in [5.41, 5.74) is 2.68. The Labute approximate surface area is 148 Å². The molecule has 1 unspecified atom stereocenters. The molecule has 1 heterocycles. The molecule has 5 nitrogen and oxygen atoms in total. The molecule has 1 saturated heterocycles. The van der Waals surface area contributed by atoms with E-state index in [0.29, 0.717) is 25.3 Å². The number of rotatable bonds is 5. The molecule has 2 aromatic carbocycles. The second-order valence-electron chi connectivity index (χ2n) is 6.31. The number of hydrogen-bond donors (Lipinski definition) is 2. The molecule has 25 heavy (non-hydrogen) atoms. The van der Waals surface area contributed by atoms with Crippen LogP contribution in [-0.4, -0.2) is 48.8 Å². The Hall–Kier alpha value is -2.37. The molecule has 0 saturated carbocycles. The van der Waals surface area contributed by atoms with Crippen molar-refractivity contribution in [3.05, 3.63) is 65.2 Å². The van der Waals surface area contributed by atoms with E-state index in [2.05, 4.69) is 35.3 Å². The van der Waals surface area contributed by atoms with Crippen molar-refractivity contribution < 1.29 is 14.6 Å². The van der Waals surface area contributed by atoms with Crippen LogP contribution in [0.5, 0.6) is 5.75 Å². The maximum atomic E-state index is 12.4. The maximum absolute atomic E-state index is 12.4. The lowest BCUT2D eigenvalue weighted by atomic mass is 10.0. The van der Waals surface area contributed by atoms with Gasteiger partial charge in [0.15, 0.2) is 0 Å². The number of amides is 1.